The third-order valence-electron chi connectivity index (χ3n) is 4.42. The first-order valence-electron chi connectivity index (χ1n) is 9.13. The smallest absolute Gasteiger partial charge is 0.243 e. The Morgan fingerprint density at radius 2 is 1.93 bits per heavy atom. The second kappa shape index (κ2) is 8.81. The molecule has 2 heterocycles. The minimum absolute atomic E-state index is 0.0461. The fourth-order valence-electron chi connectivity index (χ4n) is 3.02. The van der Waals surface area contributed by atoms with E-state index in [-0.39, 0.29) is 11.0 Å². The summed E-state index contributed by atoms with van der Waals surface area (Å²) in [4.78, 5) is 4.42. The van der Waals surface area contributed by atoms with Crippen molar-refractivity contribution in [1.29, 1.82) is 0 Å². The van der Waals surface area contributed by atoms with Crippen LogP contribution in [0.2, 0.25) is 0 Å². The molecule has 0 saturated carbocycles. The van der Waals surface area contributed by atoms with E-state index in [0.717, 1.165) is 0 Å². The van der Waals surface area contributed by atoms with Crippen molar-refractivity contribution >= 4 is 10.0 Å². The number of piperidine rings is 1. The Bertz CT molecular complexity index is 827. The van der Waals surface area contributed by atoms with Crippen LogP contribution in [0.1, 0.15) is 31.5 Å². The molecule has 1 aliphatic heterocycles. The summed E-state index contributed by atoms with van der Waals surface area (Å²) in [6, 6.07) is 6.56. The zero-order valence-corrected chi connectivity index (χ0v) is 16.4. The van der Waals surface area contributed by atoms with Gasteiger partial charge in [0.05, 0.1) is 24.2 Å². The fourth-order valence-corrected chi connectivity index (χ4v) is 4.49. The maximum atomic E-state index is 12.8. The third kappa shape index (κ3) is 5.06. The average Bonchev–Trinajstić information content (AvgIpc) is 3.08. The largest absolute Gasteiger partial charge is 0.494 e. The SMILES string of the molecule is CCOc1ccc(S(=O)(=O)N2CCC(OCCc3noc(C)n3)CC2)cc1. The van der Waals surface area contributed by atoms with E-state index in [0.29, 0.717) is 63.0 Å². The van der Waals surface area contributed by atoms with Gasteiger partial charge in [0, 0.05) is 26.4 Å². The standard InChI is InChI=1S/C18H25N3O5S/c1-3-24-15-4-6-17(7-5-15)27(22,23)21-11-8-16(9-12-21)25-13-10-18-19-14(2)26-20-18/h4-7,16H,3,8-13H2,1-2H3. The lowest BCUT2D eigenvalue weighted by Crippen LogP contribution is -2.41. The highest BCUT2D eigenvalue weighted by Gasteiger charge is 2.29. The zero-order valence-electron chi connectivity index (χ0n) is 15.6. The molecular formula is C18H25N3O5S. The van der Waals surface area contributed by atoms with Crippen molar-refractivity contribution in [2.75, 3.05) is 26.3 Å². The molecule has 3 rings (SSSR count). The maximum Gasteiger partial charge on any atom is 0.243 e. The molecule has 0 unspecified atom stereocenters. The Hall–Kier alpha value is -1.97. The van der Waals surface area contributed by atoms with Gasteiger partial charge in [0.2, 0.25) is 15.9 Å². The number of benzene rings is 1. The number of hydrogen-bond donors (Lipinski definition) is 0. The Kier molecular flexibility index (Phi) is 6.46. The van der Waals surface area contributed by atoms with Crippen molar-refractivity contribution in [1.82, 2.24) is 14.4 Å². The molecule has 1 aliphatic rings. The summed E-state index contributed by atoms with van der Waals surface area (Å²) in [5.74, 6) is 1.83. The van der Waals surface area contributed by atoms with Crippen LogP contribution >= 0.6 is 0 Å². The van der Waals surface area contributed by atoms with Crippen LogP contribution in [-0.2, 0) is 21.2 Å². The van der Waals surface area contributed by atoms with Gasteiger partial charge in [-0.2, -0.15) is 9.29 Å². The molecule has 0 N–H and O–H groups in total. The molecule has 0 spiro atoms. The molecule has 8 nitrogen and oxygen atoms in total. The van der Waals surface area contributed by atoms with Crippen LogP contribution in [0.4, 0.5) is 0 Å². The second-order valence-corrected chi connectivity index (χ2v) is 8.30. The molecule has 0 radical (unpaired) electrons. The van der Waals surface area contributed by atoms with E-state index in [1.165, 1.54) is 4.31 Å². The van der Waals surface area contributed by atoms with Crippen LogP contribution in [-0.4, -0.2) is 55.3 Å². The molecule has 1 aromatic carbocycles. The molecule has 148 valence electrons. The first-order valence-corrected chi connectivity index (χ1v) is 10.6. The van der Waals surface area contributed by atoms with Gasteiger partial charge in [-0.1, -0.05) is 5.16 Å². The molecule has 1 saturated heterocycles. The van der Waals surface area contributed by atoms with Crippen LogP contribution < -0.4 is 4.74 Å². The molecule has 2 aromatic rings. The van der Waals surface area contributed by atoms with Gasteiger partial charge in [0.1, 0.15) is 5.75 Å². The van der Waals surface area contributed by atoms with E-state index < -0.39 is 10.0 Å². The minimum atomic E-state index is -3.49. The Labute approximate surface area is 159 Å². The number of nitrogens with zero attached hydrogens (tertiary/aromatic N) is 3. The number of aryl methyl sites for hydroxylation is 1. The lowest BCUT2D eigenvalue weighted by molar-refractivity contribution is 0.0222. The van der Waals surface area contributed by atoms with Gasteiger partial charge in [-0.05, 0) is 44.0 Å². The molecular weight excluding hydrogens is 370 g/mol. The molecule has 1 fully saturated rings. The van der Waals surface area contributed by atoms with Gasteiger partial charge in [-0.25, -0.2) is 8.42 Å². The number of ether oxygens (including phenoxy) is 2. The number of aromatic nitrogens is 2. The van der Waals surface area contributed by atoms with Crippen molar-refractivity contribution in [3.63, 3.8) is 0 Å². The number of sulfonamides is 1. The van der Waals surface area contributed by atoms with Crippen LogP contribution in [0.25, 0.3) is 0 Å². The third-order valence-corrected chi connectivity index (χ3v) is 6.34. The van der Waals surface area contributed by atoms with Gasteiger partial charge in [-0.3, -0.25) is 0 Å². The maximum absolute atomic E-state index is 12.8. The minimum Gasteiger partial charge on any atom is -0.494 e. The summed E-state index contributed by atoms with van der Waals surface area (Å²) in [6.07, 6.45) is 1.97. The predicted octanol–water partition coefficient (Wildman–Crippen LogP) is 2.19. The Morgan fingerprint density at radius 1 is 1.22 bits per heavy atom. The average molecular weight is 395 g/mol. The van der Waals surface area contributed by atoms with Crippen LogP contribution in [0.15, 0.2) is 33.7 Å². The van der Waals surface area contributed by atoms with Crippen LogP contribution in [0.5, 0.6) is 5.75 Å². The number of rotatable bonds is 8. The van der Waals surface area contributed by atoms with Gasteiger partial charge in [0.25, 0.3) is 0 Å². The highest BCUT2D eigenvalue weighted by molar-refractivity contribution is 7.89. The lowest BCUT2D eigenvalue weighted by Gasteiger charge is -2.31. The molecule has 9 heteroatoms. The Morgan fingerprint density at radius 3 is 2.52 bits per heavy atom. The van der Waals surface area contributed by atoms with Crippen molar-refractivity contribution in [3.8, 4) is 5.75 Å². The Balaban J connectivity index is 1.48. The fraction of sp³-hybridized carbons (Fsp3) is 0.556. The van der Waals surface area contributed by atoms with E-state index in [9.17, 15) is 8.42 Å². The van der Waals surface area contributed by atoms with E-state index in [2.05, 4.69) is 10.1 Å². The van der Waals surface area contributed by atoms with E-state index in [4.69, 9.17) is 14.0 Å². The zero-order chi connectivity index (χ0) is 19.3. The van der Waals surface area contributed by atoms with Gasteiger partial charge < -0.3 is 14.0 Å². The molecule has 1 aromatic heterocycles. The van der Waals surface area contributed by atoms with Crippen LogP contribution in [0.3, 0.4) is 0 Å². The van der Waals surface area contributed by atoms with E-state index >= 15 is 0 Å². The first-order chi connectivity index (χ1) is 13.0. The van der Waals surface area contributed by atoms with E-state index in [1.54, 1.807) is 31.2 Å². The summed E-state index contributed by atoms with van der Waals surface area (Å²) in [6.45, 7) is 5.57. The predicted molar refractivity (Wildman–Crippen MR) is 98.1 cm³/mol. The summed E-state index contributed by atoms with van der Waals surface area (Å²) >= 11 is 0. The number of hydrogen-bond acceptors (Lipinski definition) is 7. The summed E-state index contributed by atoms with van der Waals surface area (Å²) in [5, 5.41) is 3.83. The van der Waals surface area contributed by atoms with E-state index in [1.807, 2.05) is 6.92 Å². The van der Waals surface area contributed by atoms with Gasteiger partial charge >= 0.3 is 0 Å². The first kappa shape index (κ1) is 19.8. The highest BCUT2D eigenvalue weighted by atomic mass is 32.2. The quantitative estimate of drug-likeness (QED) is 0.676. The van der Waals surface area contributed by atoms with Crippen molar-refractivity contribution in [2.24, 2.45) is 0 Å². The van der Waals surface area contributed by atoms with Crippen molar-refractivity contribution in [3.05, 3.63) is 36.0 Å². The molecule has 0 amide bonds. The molecule has 0 bridgehead atoms. The molecule has 0 atom stereocenters. The molecule has 27 heavy (non-hydrogen) atoms. The van der Waals surface area contributed by atoms with Gasteiger partial charge in [-0.15, -0.1) is 0 Å². The topological polar surface area (TPSA) is 94.8 Å². The van der Waals surface area contributed by atoms with Crippen molar-refractivity contribution < 1.29 is 22.4 Å². The summed E-state index contributed by atoms with van der Waals surface area (Å²) in [5.41, 5.74) is 0. The normalized spacial score (nSPS) is 16.5. The summed E-state index contributed by atoms with van der Waals surface area (Å²) in [7, 11) is -3.49. The van der Waals surface area contributed by atoms with Crippen LogP contribution in [0, 0.1) is 6.92 Å². The molecule has 0 aliphatic carbocycles. The highest BCUT2D eigenvalue weighted by Crippen LogP contribution is 2.24. The second-order valence-electron chi connectivity index (χ2n) is 6.36. The monoisotopic (exact) mass is 395 g/mol. The van der Waals surface area contributed by atoms with Gasteiger partial charge in [0.15, 0.2) is 5.82 Å². The van der Waals surface area contributed by atoms with Crippen molar-refractivity contribution in [2.45, 2.75) is 44.1 Å². The lowest BCUT2D eigenvalue weighted by atomic mass is 10.1. The summed E-state index contributed by atoms with van der Waals surface area (Å²) < 4.78 is 43.2.